The van der Waals surface area contributed by atoms with Gasteiger partial charge in [-0.05, 0) is 30.5 Å². The number of amides is 1. The Morgan fingerprint density at radius 1 is 1.48 bits per heavy atom. The topological polar surface area (TPSA) is 62.2 Å². The van der Waals surface area contributed by atoms with Crippen LogP contribution in [0, 0.1) is 11.8 Å². The van der Waals surface area contributed by atoms with Gasteiger partial charge in [0.2, 0.25) is 0 Å². The molecule has 0 saturated heterocycles. The van der Waals surface area contributed by atoms with E-state index < -0.39 is 0 Å². The van der Waals surface area contributed by atoms with Crippen LogP contribution in [0.4, 0.5) is 0 Å². The third kappa shape index (κ3) is 4.15. The van der Waals surface area contributed by atoms with Gasteiger partial charge in [0.25, 0.3) is 5.91 Å². The lowest BCUT2D eigenvalue weighted by Crippen LogP contribution is -2.27. The van der Waals surface area contributed by atoms with Crippen LogP contribution < -0.4 is 5.32 Å². The molecule has 2 N–H and O–H groups in total. The normalized spacial score (nSPS) is 11.3. The maximum atomic E-state index is 12.3. The average molecular weight is 300 g/mol. The maximum absolute atomic E-state index is 12.3. The summed E-state index contributed by atoms with van der Waals surface area (Å²) >= 11 is 1.60. The summed E-state index contributed by atoms with van der Waals surface area (Å²) in [5.41, 5.74) is 0.883. The second-order valence-electron chi connectivity index (χ2n) is 4.39. The van der Waals surface area contributed by atoms with E-state index >= 15 is 0 Å². The van der Waals surface area contributed by atoms with Crippen molar-refractivity contribution >= 4 is 17.2 Å². The highest BCUT2D eigenvalue weighted by atomic mass is 32.1. The van der Waals surface area contributed by atoms with E-state index in [2.05, 4.69) is 22.1 Å². The quantitative estimate of drug-likeness (QED) is 0.852. The molecule has 2 rings (SSSR count). The first-order valence-electron chi connectivity index (χ1n) is 6.61. The second-order valence-corrected chi connectivity index (χ2v) is 5.36. The van der Waals surface area contributed by atoms with E-state index in [0.29, 0.717) is 17.7 Å². The number of aromatic nitrogens is 1. The average Bonchev–Trinajstić information content (AvgIpc) is 3.02. The Labute approximate surface area is 127 Å². The summed E-state index contributed by atoms with van der Waals surface area (Å²) in [6.07, 6.45) is 1.95. The molecular formula is C16H16N2O2S. The maximum Gasteiger partial charge on any atom is 0.271 e. The predicted molar refractivity (Wildman–Crippen MR) is 83.0 cm³/mol. The standard InChI is InChI=1S/C16H16N2O2S/c1-12(14-8-5-11-21-14)18-16(20)15-13(6-2-3-10-19)7-4-9-17-15/h4-5,7-9,11-12,19H,3,10H2,1H3,(H,18,20). The van der Waals surface area contributed by atoms with E-state index in [-0.39, 0.29) is 18.6 Å². The number of aliphatic hydroxyl groups excluding tert-OH is 1. The van der Waals surface area contributed by atoms with Crippen molar-refractivity contribution in [2.24, 2.45) is 0 Å². The van der Waals surface area contributed by atoms with E-state index in [1.807, 2.05) is 24.4 Å². The number of nitrogens with one attached hydrogen (secondary N) is 1. The van der Waals surface area contributed by atoms with Gasteiger partial charge < -0.3 is 10.4 Å². The highest BCUT2D eigenvalue weighted by Crippen LogP contribution is 2.18. The van der Waals surface area contributed by atoms with Gasteiger partial charge in [0.1, 0.15) is 5.69 Å². The number of pyridine rings is 1. The van der Waals surface area contributed by atoms with Gasteiger partial charge in [0.15, 0.2) is 0 Å². The molecule has 4 nitrogen and oxygen atoms in total. The monoisotopic (exact) mass is 300 g/mol. The zero-order valence-corrected chi connectivity index (χ0v) is 12.5. The fourth-order valence-electron chi connectivity index (χ4n) is 1.77. The van der Waals surface area contributed by atoms with Crippen molar-refractivity contribution in [3.63, 3.8) is 0 Å². The van der Waals surface area contributed by atoms with Crippen LogP contribution in [0.3, 0.4) is 0 Å². The molecule has 2 aromatic rings. The summed E-state index contributed by atoms with van der Waals surface area (Å²) in [6, 6.07) is 7.35. The van der Waals surface area contributed by atoms with Crippen LogP contribution >= 0.6 is 11.3 Å². The Bertz CT molecular complexity index is 656. The number of carbonyl (C=O) groups is 1. The molecule has 0 aliphatic heterocycles. The molecule has 1 atom stereocenters. The molecule has 2 aromatic heterocycles. The number of hydrogen-bond donors (Lipinski definition) is 2. The van der Waals surface area contributed by atoms with Crippen molar-refractivity contribution in [2.45, 2.75) is 19.4 Å². The smallest absolute Gasteiger partial charge is 0.271 e. The van der Waals surface area contributed by atoms with Gasteiger partial charge in [-0.25, -0.2) is 4.98 Å². The van der Waals surface area contributed by atoms with Gasteiger partial charge in [-0.1, -0.05) is 17.9 Å². The SMILES string of the molecule is CC(NC(=O)c1ncccc1C#CCCO)c1cccs1. The van der Waals surface area contributed by atoms with Crippen LogP contribution in [0.25, 0.3) is 0 Å². The van der Waals surface area contributed by atoms with Crippen LogP contribution in [0.5, 0.6) is 0 Å². The first-order chi connectivity index (χ1) is 10.2. The third-order valence-electron chi connectivity index (χ3n) is 2.80. The van der Waals surface area contributed by atoms with Crippen molar-refractivity contribution in [3.05, 3.63) is 52.0 Å². The minimum atomic E-state index is -0.246. The van der Waals surface area contributed by atoms with E-state index in [9.17, 15) is 4.79 Å². The number of carbonyl (C=O) groups excluding carboxylic acids is 1. The summed E-state index contributed by atoms with van der Waals surface area (Å²) in [7, 11) is 0. The van der Waals surface area contributed by atoms with E-state index in [1.54, 1.807) is 29.7 Å². The lowest BCUT2D eigenvalue weighted by molar-refractivity contribution is 0.0935. The van der Waals surface area contributed by atoms with Gasteiger partial charge in [-0.15, -0.1) is 11.3 Å². The minimum Gasteiger partial charge on any atom is -0.395 e. The van der Waals surface area contributed by atoms with Gasteiger partial charge in [0.05, 0.1) is 18.2 Å². The Morgan fingerprint density at radius 2 is 2.33 bits per heavy atom. The van der Waals surface area contributed by atoms with Crippen molar-refractivity contribution in [3.8, 4) is 11.8 Å². The van der Waals surface area contributed by atoms with E-state index in [4.69, 9.17) is 5.11 Å². The number of hydrogen-bond acceptors (Lipinski definition) is 4. The van der Waals surface area contributed by atoms with Crippen LogP contribution in [-0.2, 0) is 0 Å². The fourth-order valence-corrected chi connectivity index (χ4v) is 2.51. The Morgan fingerprint density at radius 3 is 3.05 bits per heavy atom. The third-order valence-corrected chi connectivity index (χ3v) is 3.86. The molecule has 1 amide bonds. The molecule has 21 heavy (non-hydrogen) atoms. The van der Waals surface area contributed by atoms with E-state index in [1.165, 1.54) is 0 Å². The number of aliphatic hydroxyl groups is 1. The van der Waals surface area contributed by atoms with Crippen LogP contribution in [0.15, 0.2) is 35.8 Å². The highest BCUT2D eigenvalue weighted by molar-refractivity contribution is 7.10. The number of rotatable bonds is 4. The van der Waals surface area contributed by atoms with Gasteiger partial charge in [-0.3, -0.25) is 4.79 Å². The molecular weight excluding hydrogens is 284 g/mol. The summed E-state index contributed by atoms with van der Waals surface area (Å²) in [6.45, 7) is 1.94. The van der Waals surface area contributed by atoms with Gasteiger partial charge in [-0.2, -0.15) is 0 Å². The van der Waals surface area contributed by atoms with Gasteiger partial charge >= 0.3 is 0 Å². The Hall–Kier alpha value is -2.16. The first kappa shape index (κ1) is 15.2. The van der Waals surface area contributed by atoms with Crippen molar-refractivity contribution in [1.82, 2.24) is 10.3 Å². The molecule has 0 radical (unpaired) electrons. The molecule has 0 aliphatic rings. The van der Waals surface area contributed by atoms with E-state index in [0.717, 1.165) is 4.88 Å². The molecule has 0 bridgehead atoms. The van der Waals surface area contributed by atoms with Crippen molar-refractivity contribution in [2.75, 3.05) is 6.61 Å². The lowest BCUT2D eigenvalue weighted by atomic mass is 10.1. The molecule has 1 unspecified atom stereocenters. The van der Waals surface area contributed by atoms with Gasteiger partial charge in [0, 0.05) is 17.5 Å². The minimum absolute atomic E-state index is 0.00417. The summed E-state index contributed by atoms with van der Waals surface area (Å²) in [5.74, 6) is 5.44. The molecule has 2 heterocycles. The second kappa shape index (κ2) is 7.58. The molecule has 0 aromatic carbocycles. The van der Waals surface area contributed by atoms with Crippen LogP contribution in [0.1, 0.15) is 40.3 Å². The van der Waals surface area contributed by atoms with Crippen molar-refractivity contribution in [1.29, 1.82) is 0 Å². The number of thiophene rings is 1. The zero-order chi connectivity index (χ0) is 15.1. The molecule has 5 heteroatoms. The highest BCUT2D eigenvalue weighted by Gasteiger charge is 2.15. The summed E-state index contributed by atoms with van der Waals surface area (Å²) in [4.78, 5) is 17.5. The fraction of sp³-hybridized carbons (Fsp3) is 0.250. The molecule has 0 spiro atoms. The molecule has 0 fully saturated rings. The molecule has 108 valence electrons. The Balaban J connectivity index is 2.14. The summed E-state index contributed by atoms with van der Waals surface area (Å²) in [5, 5.41) is 13.6. The predicted octanol–water partition coefficient (Wildman–Crippen LogP) is 2.37. The Kier molecular flexibility index (Phi) is 5.50. The lowest BCUT2D eigenvalue weighted by Gasteiger charge is -2.12. The first-order valence-corrected chi connectivity index (χ1v) is 7.49. The largest absolute Gasteiger partial charge is 0.395 e. The number of nitrogens with zero attached hydrogens (tertiary/aromatic N) is 1. The zero-order valence-electron chi connectivity index (χ0n) is 11.7. The van der Waals surface area contributed by atoms with Crippen molar-refractivity contribution < 1.29 is 9.90 Å². The molecule has 0 saturated carbocycles. The van der Waals surface area contributed by atoms with Crippen LogP contribution in [-0.4, -0.2) is 22.6 Å². The van der Waals surface area contributed by atoms with Crippen LogP contribution in [0.2, 0.25) is 0 Å². The summed E-state index contributed by atoms with van der Waals surface area (Å²) < 4.78 is 0. The molecule has 0 aliphatic carbocycles.